The maximum absolute atomic E-state index is 10.2. The van der Waals surface area contributed by atoms with Gasteiger partial charge in [0.15, 0.2) is 0 Å². The molecule has 108 valence electrons. The molecule has 0 radical (unpaired) electrons. The lowest BCUT2D eigenvalue weighted by Gasteiger charge is -2.01. The highest BCUT2D eigenvalue weighted by Gasteiger charge is 1.92. The summed E-state index contributed by atoms with van der Waals surface area (Å²) in [6, 6.07) is 0. The summed E-state index contributed by atoms with van der Waals surface area (Å²) in [5, 5.41) is 0. The average molecular weight is 280 g/mol. The summed E-state index contributed by atoms with van der Waals surface area (Å²) in [7, 11) is 0. The van der Waals surface area contributed by atoms with Crippen molar-refractivity contribution in [2.45, 2.75) is 53.4 Å². The molecule has 0 N–H and O–H groups in total. The number of aldehydes is 1. The van der Waals surface area contributed by atoms with Gasteiger partial charge in [-0.1, -0.05) is 34.9 Å². The summed E-state index contributed by atoms with van der Waals surface area (Å²) < 4.78 is 0. The molecule has 0 aromatic carbocycles. The topological polar surface area (TPSA) is 17.1 Å². The predicted octanol–water partition coefficient (Wildman–Crippen LogP) is 5.34. The van der Waals surface area contributed by atoms with E-state index in [1.54, 1.807) is 11.8 Å². The average Bonchev–Trinajstić information content (AvgIpc) is 2.34. The summed E-state index contributed by atoms with van der Waals surface area (Å²) in [6.45, 7) is 8.69. The highest BCUT2D eigenvalue weighted by atomic mass is 32.2. The van der Waals surface area contributed by atoms with Crippen LogP contribution in [0.2, 0.25) is 0 Å². The Morgan fingerprint density at radius 3 is 2.00 bits per heavy atom. The fraction of sp³-hybridized carbons (Fsp3) is 0.588. The number of carbonyl (C=O) groups excluding carboxylic acids is 1. The van der Waals surface area contributed by atoms with Gasteiger partial charge in [-0.05, 0) is 53.4 Å². The van der Waals surface area contributed by atoms with Crippen molar-refractivity contribution in [2.24, 2.45) is 0 Å². The van der Waals surface area contributed by atoms with E-state index in [-0.39, 0.29) is 0 Å². The van der Waals surface area contributed by atoms with Crippen molar-refractivity contribution in [3.05, 3.63) is 34.9 Å². The summed E-state index contributed by atoms with van der Waals surface area (Å²) in [6.07, 6.45) is 12.4. The molecular weight excluding hydrogens is 252 g/mol. The van der Waals surface area contributed by atoms with Gasteiger partial charge in [-0.25, -0.2) is 0 Å². The van der Waals surface area contributed by atoms with Crippen molar-refractivity contribution in [3.63, 3.8) is 0 Å². The molecule has 0 aromatic heterocycles. The van der Waals surface area contributed by atoms with Gasteiger partial charge in [0.2, 0.25) is 0 Å². The second-order valence-electron chi connectivity index (χ2n) is 5.16. The van der Waals surface area contributed by atoms with Gasteiger partial charge >= 0.3 is 0 Å². The van der Waals surface area contributed by atoms with Crippen LogP contribution in [0.15, 0.2) is 34.9 Å². The van der Waals surface area contributed by atoms with Crippen molar-refractivity contribution in [1.29, 1.82) is 0 Å². The smallest absolute Gasteiger partial charge is 0.129 e. The number of carbonyl (C=O) groups is 1. The second kappa shape index (κ2) is 12.3. The Morgan fingerprint density at radius 1 is 0.842 bits per heavy atom. The number of hydrogen-bond acceptors (Lipinski definition) is 2. The van der Waals surface area contributed by atoms with Gasteiger partial charge in [0.1, 0.15) is 6.29 Å². The highest BCUT2D eigenvalue weighted by Crippen LogP contribution is 2.12. The number of allylic oxidation sites excluding steroid dienone is 5. The maximum atomic E-state index is 10.2. The Kier molecular flexibility index (Phi) is 11.8. The zero-order chi connectivity index (χ0) is 14.5. The van der Waals surface area contributed by atoms with Gasteiger partial charge in [-0.3, -0.25) is 0 Å². The fourth-order valence-corrected chi connectivity index (χ4v) is 2.29. The first kappa shape index (κ1) is 18.2. The Bertz CT molecular complexity index is 333. The van der Waals surface area contributed by atoms with Crippen LogP contribution in [-0.4, -0.2) is 17.8 Å². The Morgan fingerprint density at radius 2 is 1.42 bits per heavy atom. The van der Waals surface area contributed by atoms with Gasteiger partial charge in [-0.2, -0.15) is 11.8 Å². The summed E-state index contributed by atoms with van der Waals surface area (Å²) >= 11 is 1.67. The molecule has 0 aliphatic heterocycles. The molecule has 0 fully saturated rings. The van der Waals surface area contributed by atoms with E-state index < -0.39 is 0 Å². The molecule has 0 spiro atoms. The molecule has 0 rings (SSSR count). The van der Waals surface area contributed by atoms with Gasteiger partial charge in [0.05, 0.1) is 0 Å². The second-order valence-corrected chi connectivity index (χ2v) is 6.24. The first-order valence-corrected chi connectivity index (χ1v) is 8.17. The van der Waals surface area contributed by atoms with Crippen LogP contribution in [0.5, 0.6) is 0 Å². The van der Waals surface area contributed by atoms with E-state index in [1.807, 2.05) is 0 Å². The summed E-state index contributed by atoms with van der Waals surface area (Å²) in [5.74, 6) is 1.56. The molecule has 0 unspecified atom stereocenters. The summed E-state index contributed by atoms with van der Waals surface area (Å²) in [4.78, 5) is 10.2. The van der Waals surface area contributed by atoms with E-state index in [2.05, 4.69) is 45.9 Å². The standard InChI is InChI=1S/C17H28OS/c1-15(2)7-5-8-16(3)9-6-10-17(4)11-13-19-14-12-18/h7,9,11-12H,5-6,8,10,13-14H2,1-4H3. The Hall–Kier alpha value is -0.760. The van der Waals surface area contributed by atoms with Gasteiger partial charge in [-0.15, -0.1) is 0 Å². The third kappa shape index (κ3) is 13.5. The van der Waals surface area contributed by atoms with E-state index >= 15 is 0 Å². The molecule has 0 bridgehead atoms. The Labute approximate surface area is 123 Å². The van der Waals surface area contributed by atoms with Gasteiger partial charge < -0.3 is 4.79 Å². The molecule has 0 saturated heterocycles. The molecule has 0 amide bonds. The minimum absolute atomic E-state index is 0.604. The number of hydrogen-bond donors (Lipinski definition) is 0. The van der Waals surface area contributed by atoms with Crippen molar-refractivity contribution in [1.82, 2.24) is 0 Å². The minimum Gasteiger partial charge on any atom is -0.302 e. The van der Waals surface area contributed by atoms with E-state index in [4.69, 9.17) is 0 Å². The zero-order valence-corrected chi connectivity index (χ0v) is 13.7. The van der Waals surface area contributed by atoms with Crippen molar-refractivity contribution in [3.8, 4) is 0 Å². The quantitative estimate of drug-likeness (QED) is 0.305. The molecule has 2 heteroatoms. The number of thioether (sulfide) groups is 1. The normalized spacial score (nSPS) is 12.4. The largest absolute Gasteiger partial charge is 0.302 e. The first-order chi connectivity index (χ1) is 9.06. The number of rotatable bonds is 10. The van der Waals surface area contributed by atoms with Crippen molar-refractivity contribution < 1.29 is 4.79 Å². The van der Waals surface area contributed by atoms with Gasteiger partial charge in [0, 0.05) is 11.5 Å². The van der Waals surface area contributed by atoms with Crippen LogP contribution in [0.25, 0.3) is 0 Å². The minimum atomic E-state index is 0.604. The molecule has 0 heterocycles. The van der Waals surface area contributed by atoms with Crippen molar-refractivity contribution >= 4 is 18.0 Å². The summed E-state index contributed by atoms with van der Waals surface area (Å²) in [5.41, 5.74) is 4.31. The van der Waals surface area contributed by atoms with Gasteiger partial charge in [0.25, 0.3) is 0 Å². The third-order valence-electron chi connectivity index (χ3n) is 2.86. The lowest BCUT2D eigenvalue weighted by molar-refractivity contribution is -0.105. The highest BCUT2D eigenvalue weighted by molar-refractivity contribution is 7.99. The van der Waals surface area contributed by atoms with Crippen LogP contribution >= 0.6 is 11.8 Å². The van der Waals surface area contributed by atoms with E-state index in [1.165, 1.54) is 23.1 Å². The van der Waals surface area contributed by atoms with Crippen LogP contribution in [-0.2, 0) is 4.79 Å². The molecule has 0 aliphatic carbocycles. The predicted molar refractivity (Wildman–Crippen MR) is 88.8 cm³/mol. The van der Waals surface area contributed by atoms with Crippen LogP contribution in [0.4, 0.5) is 0 Å². The van der Waals surface area contributed by atoms with Crippen LogP contribution in [0.1, 0.15) is 53.4 Å². The van der Waals surface area contributed by atoms with Crippen molar-refractivity contribution in [2.75, 3.05) is 11.5 Å². The third-order valence-corrected chi connectivity index (χ3v) is 3.63. The first-order valence-electron chi connectivity index (χ1n) is 7.02. The Balaban J connectivity index is 3.80. The van der Waals surface area contributed by atoms with E-state index in [0.29, 0.717) is 5.75 Å². The molecule has 0 atom stereocenters. The SMILES string of the molecule is CC(C)=CCCC(C)=CCCC(C)=CCSCC=O. The monoisotopic (exact) mass is 280 g/mol. The maximum Gasteiger partial charge on any atom is 0.129 e. The molecule has 0 aromatic rings. The molecule has 19 heavy (non-hydrogen) atoms. The fourth-order valence-electron chi connectivity index (χ4n) is 1.66. The van der Waals surface area contributed by atoms with Crippen LogP contribution < -0.4 is 0 Å². The van der Waals surface area contributed by atoms with E-state index in [0.717, 1.165) is 31.3 Å². The lowest BCUT2D eigenvalue weighted by Crippen LogP contribution is -1.84. The lowest BCUT2D eigenvalue weighted by atomic mass is 10.1. The molecule has 0 saturated carbocycles. The van der Waals surface area contributed by atoms with Crippen LogP contribution in [0, 0.1) is 0 Å². The molecule has 1 nitrogen and oxygen atoms in total. The van der Waals surface area contributed by atoms with Crippen LogP contribution in [0.3, 0.4) is 0 Å². The molecular formula is C17H28OS. The molecule has 0 aliphatic rings. The zero-order valence-electron chi connectivity index (χ0n) is 12.9. The van der Waals surface area contributed by atoms with E-state index in [9.17, 15) is 4.79 Å².